The van der Waals surface area contributed by atoms with Gasteiger partial charge in [-0.2, -0.15) is 0 Å². The Balaban J connectivity index is 1.56. The average molecular weight is 469 g/mol. The maximum atomic E-state index is 13.3. The summed E-state index contributed by atoms with van der Waals surface area (Å²) >= 11 is 0. The Bertz CT molecular complexity index is 1250. The number of ether oxygens (including phenoxy) is 1. The van der Waals surface area contributed by atoms with Crippen LogP contribution in [-0.4, -0.2) is 28.5 Å². The molecule has 0 saturated carbocycles. The Labute approximate surface area is 204 Å². The standard InChI is InChI=1S/C28H28N4O3/c1-32-18-17-29-27(32)26(21-13-15-23(35-2)16-14-21)31-25(33)19-24(20-9-5-3-6-10-20)30-28(34)22-11-7-4-8-12-22/h3-18,24,26H,19H2,1-2H3,(H,30,34)(H,31,33). The second-order valence-electron chi connectivity index (χ2n) is 8.18. The molecular weight excluding hydrogens is 440 g/mol. The van der Waals surface area contributed by atoms with Gasteiger partial charge < -0.3 is 19.9 Å². The summed E-state index contributed by atoms with van der Waals surface area (Å²) in [7, 11) is 3.50. The van der Waals surface area contributed by atoms with Crippen molar-refractivity contribution in [2.45, 2.75) is 18.5 Å². The van der Waals surface area contributed by atoms with Gasteiger partial charge in [0.2, 0.25) is 5.91 Å². The van der Waals surface area contributed by atoms with E-state index in [1.54, 1.807) is 25.4 Å². The largest absolute Gasteiger partial charge is 0.497 e. The number of carbonyl (C=O) groups is 2. The van der Waals surface area contributed by atoms with Gasteiger partial charge in [0.15, 0.2) is 0 Å². The SMILES string of the molecule is COc1ccc(C(NC(=O)CC(NC(=O)c2ccccc2)c2ccccc2)c2nccn2C)cc1. The zero-order valence-corrected chi connectivity index (χ0v) is 19.7. The monoisotopic (exact) mass is 468 g/mol. The van der Waals surface area contributed by atoms with Gasteiger partial charge in [-0.15, -0.1) is 0 Å². The molecule has 4 aromatic rings. The number of aromatic nitrogens is 2. The minimum Gasteiger partial charge on any atom is -0.497 e. The molecule has 1 heterocycles. The van der Waals surface area contributed by atoms with Gasteiger partial charge in [-0.3, -0.25) is 9.59 Å². The van der Waals surface area contributed by atoms with Crippen LogP contribution in [0.25, 0.3) is 0 Å². The van der Waals surface area contributed by atoms with Crippen molar-refractivity contribution in [3.63, 3.8) is 0 Å². The van der Waals surface area contributed by atoms with E-state index in [0.717, 1.165) is 16.9 Å². The third-order valence-corrected chi connectivity index (χ3v) is 5.80. The number of methoxy groups -OCH3 is 1. The fourth-order valence-electron chi connectivity index (χ4n) is 3.92. The minimum atomic E-state index is -0.498. The molecule has 0 spiro atoms. The van der Waals surface area contributed by atoms with Crippen molar-refractivity contribution < 1.29 is 14.3 Å². The lowest BCUT2D eigenvalue weighted by molar-refractivity contribution is -0.122. The number of amides is 2. The Hall–Kier alpha value is -4.39. The number of nitrogens with zero attached hydrogens (tertiary/aromatic N) is 2. The number of aryl methyl sites for hydroxylation is 1. The predicted molar refractivity (Wildman–Crippen MR) is 134 cm³/mol. The molecule has 3 aromatic carbocycles. The first kappa shape index (κ1) is 23.8. The Morgan fingerprint density at radius 2 is 1.54 bits per heavy atom. The maximum Gasteiger partial charge on any atom is 0.251 e. The van der Waals surface area contributed by atoms with E-state index in [0.29, 0.717) is 11.4 Å². The molecule has 0 aliphatic carbocycles. The van der Waals surface area contributed by atoms with Crippen LogP contribution in [0.4, 0.5) is 0 Å². The number of nitrogens with one attached hydrogen (secondary N) is 2. The number of imidazole rings is 1. The zero-order chi connectivity index (χ0) is 24.6. The first-order valence-electron chi connectivity index (χ1n) is 11.4. The Kier molecular flexibility index (Phi) is 7.57. The maximum absolute atomic E-state index is 13.3. The lowest BCUT2D eigenvalue weighted by Gasteiger charge is -2.23. The quantitative estimate of drug-likeness (QED) is 0.386. The molecule has 2 unspecified atom stereocenters. The highest BCUT2D eigenvalue weighted by atomic mass is 16.5. The summed E-state index contributed by atoms with van der Waals surface area (Å²) in [5.41, 5.74) is 2.26. The van der Waals surface area contributed by atoms with Gasteiger partial charge in [-0.1, -0.05) is 60.7 Å². The van der Waals surface area contributed by atoms with Crippen LogP contribution < -0.4 is 15.4 Å². The second kappa shape index (κ2) is 11.2. The molecule has 2 atom stereocenters. The molecule has 2 N–H and O–H groups in total. The summed E-state index contributed by atoms with van der Waals surface area (Å²) in [5.74, 6) is 0.985. The van der Waals surface area contributed by atoms with Crippen molar-refractivity contribution in [2.75, 3.05) is 7.11 Å². The summed E-state index contributed by atoms with van der Waals surface area (Å²) in [6, 6.07) is 25.0. The van der Waals surface area contributed by atoms with Crippen LogP contribution >= 0.6 is 0 Å². The van der Waals surface area contributed by atoms with Gasteiger partial charge >= 0.3 is 0 Å². The molecule has 2 amide bonds. The van der Waals surface area contributed by atoms with Gasteiger partial charge in [-0.05, 0) is 35.4 Å². The molecule has 35 heavy (non-hydrogen) atoms. The van der Waals surface area contributed by atoms with Crippen LogP contribution in [0.1, 0.15) is 45.8 Å². The van der Waals surface area contributed by atoms with Crippen LogP contribution in [-0.2, 0) is 11.8 Å². The van der Waals surface area contributed by atoms with Crippen molar-refractivity contribution in [1.29, 1.82) is 0 Å². The fourth-order valence-corrected chi connectivity index (χ4v) is 3.92. The van der Waals surface area contributed by atoms with Gasteiger partial charge in [0, 0.05) is 25.0 Å². The highest BCUT2D eigenvalue weighted by Crippen LogP contribution is 2.24. The van der Waals surface area contributed by atoms with E-state index in [9.17, 15) is 9.59 Å². The number of hydrogen-bond acceptors (Lipinski definition) is 4. The Morgan fingerprint density at radius 3 is 2.14 bits per heavy atom. The molecular formula is C28H28N4O3. The van der Waals surface area contributed by atoms with Gasteiger partial charge in [0.05, 0.1) is 19.6 Å². The molecule has 0 bridgehead atoms. The number of rotatable bonds is 9. The van der Waals surface area contributed by atoms with Crippen LogP contribution in [0.3, 0.4) is 0 Å². The van der Waals surface area contributed by atoms with E-state index in [1.165, 1.54) is 0 Å². The van der Waals surface area contributed by atoms with E-state index < -0.39 is 12.1 Å². The Morgan fingerprint density at radius 1 is 0.886 bits per heavy atom. The summed E-state index contributed by atoms with van der Waals surface area (Å²) < 4.78 is 7.15. The van der Waals surface area contributed by atoms with Crippen molar-refractivity contribution in [3.05, 3.63) is 120 Å². The molecule has 0 saturated heterocycles. The van der Waals surface area contributed by atoms with E-state index in [4.69, 9.17) is 4.74 Å². The molecule has 4 rings (SSSR count). The first-order valence-corrected chi connectivity index (χ1v) is 11.4. The van der Waals surface area contributed by atoms with Crippen molar-refractivity contribution >= 4 is 11.8 Å². The third kappa shape index (κ3) is 5.95. The lowest BCUT2D eigenvalue weighted by Crippen LogP contribution is -2.36. The van der Waals surface area contributed by atoms with Crippen LogP contribution in [0.2, 0.25) is 0 Å². The third-order valence-electron chi connectivity index (χ3n) is 5.80. The summed E-state index contributed by atoms with van der Waals surface area (Å²) in [6.45, 7) is 0. The van der Waals surface area contributed by atoms with Gasteiger partial charge in [-0.25, -0.2) is 4.98 Å². The van der Waals surface area contributed by atoms with E-state index in [1.807, 2.05) is 90.6 Å². The predicted octanol–water partition coefficient (Wildman–Crippen LogP) is 4.20. The lowest BCUT2D eigenvalue weighted by atomic mass is 10.0. The van der Waals surface area contributed by atoms with Gasteiger partial charge in [0.1, 0.15) is 17.6 Å². The molecule has 7 heteroatoms. The number of hydrogen-bond donors (Lipinski definition) is 2. The number of carbonyl (C=O) groups excluding carboxylic acids is 2. The van der Waals surface area contributed by atoms with Crippen molar-refractivity contribution in [1.82, 2.24) is 20.2 Å². The normalized spacial score (nSPS) is 12.4. The zero-order valence-electron chi connectivity index (χ0n) is 19.7. The highest BCUT2D eigenvalue weighted by molar-refractivity contribution is 5.94. The topological polar surface area (TPSA) is 85.2 Å². The summed E-state index contributed by atoms with van der Waals surface area (Å²) in [4.78, 5) is 30.7. The average Bonchev–Trinajstić information content (AvgIpc) is 3.33. The van der Waals surface area contributed by atoms with E-state index in [2.05, 4.69) is 15.6 Å². The molecule has 0 aliphatic rings. The van der Waals surface area contributed by atoms with E-state index in [-0.39, 0.29) is 18.2 Å². The molecule has 0 fully saturated rings. The van der Waals surface area contributed by atoms with Crippen molar-refractivity contribution in [3.8, 4) is 5.75 Å². The molecule has 0 radical (unpaired) electrons. The highest BCUT2D eigenvalue weighted by Gasteiger charge is 2.24. The summed E-state index contributed by atoms with van der Waals surface area (Å²) in [6.07, 6.45) is 3.61. The van der Waals surface area contributed by atoms with Crippen molar-refractivity contribution in [2.24, 2.45) is 7.05 Å². The number of benzene rings is 3. The smallest absolute Gasteiger partial charge is 0.251 e. The minimum absolute atomic E-state index is 0.0691. The van der Waals surface area contributed by atoms with Crippen LogP contribution in [0, 0.1) is 0 Å². The van der Waals surface area contributed by atoms with Crippen LogP contribution in [0.15, 0.2) is 97.3 Å². The second-order valence-corrected chi connectivity index (χ2v) is 8.18. The van der Waals surface area contributed by atoms with Gasteiger partial charge in [0.25, 0.3) is 5.91 Å². The fraction of sp³-hybridized carbons (Fsp3) is 0.179. The summed E-state index contributed by atoms with van der Waals surface area (Å²) in [5, 5.41) is 6.13. The first-order chi connectivity index (χ1) is 17.0. The molecule has 178 valence electrons. The van der Waals surface area contributed by atoms with E-state index >= 15 is 0 Å². The molecule has 7 nitrogen and oxygen atoms in total. The van der Waals surface area contributed by atoms with Crippen LogP contribution in [0.5, 0.6) is 5.75 Å². The molecule has 0 aliphatic heterocycles. The molecule has 1 aromatic heterocycles.